The number of rotatable bonds is 8. The molecule has 10 nitrogen and oxygen atoms in total. The number of methoxy groups -OCH3 is 1. The van der Waals surface area contributed by atoms with Crippen LogP contribution in [0.2, 0.25) is 0 Å². The number of pyridine rings is 1. The highest BCUT2D eigenvalue weighted by Crippen LogP contribution is 2.22. The summed E-state index contributed by atoms with van der Waals surface area (Å²) in [6, 6.07) is 19.7. The van der Waals surface area contributed by atoms with Crippen LogP contribution in [0.4, 0.5) is 10.5 Å². The SMILES string of the molecule is COC(=O)c1cccc(Oc2ccc(N=CNC=O)cc2)n1.Cc1ccc(CNC(=O)N(C)C)cc1. The highest BCUT2D eigenvalue weighted by Gasteiger charge is 2.08. The molecule has 3 aromatic rings. The molecule has 2 N–H and O–H groups in total. The summed E-state index contributed by atoms with van der Waals surface area (Å²) in [6.07, 6.45) is 1.81. The van der Waals surface area contributed by atoms with E-state index in [2.05, 4.69) is 25.3 Å². The zero-order valence-electron chi connectivity index (χ0n) is 20.6. The number of nitrogens with one attached hydrogen (secondary N) is 2. The Labute approximate surface area is 210 Å². The first-order valence-corrected chi connectivity index (χ1v) is 10.9. The maximum Gasteiger partial charge on any atom is 0.356 e. The van der Waals surface area contributed by atoms with Crippen LogP contribution in [-0.4, -0.2) is 55.8 Å². The van der Waals surface area contributed by atoms with E-state index in [-0.39, 0.29) is 17.6 Å². The average molecular weight is 492 g/mol. The Morgan fingerprint density at radius 2 is 1.72 bits per heavy atom. The molecule has 3 rings (SSSR count). The number of hydrogen-bond donors (Lipinski definition) is 2. The Balaban J connectivity index is 0.000000281. The molecule has 36 heavy (non-hydrogen) atoms. The molecule has 0 spiro atoms. The second-order valence-electron chi connectivity index (χ2n) is 7.53. The quantitative estimate of drug-likeness (QED) is 0.214. The molecule has 0 aliphatic heterocycles. The number of carbonyl (C=O) groups excluding carboxylic acids is 3. The monoisotopic (exact) mass is 491 g/mol. The van der Waals surface area contributed by atoms with Crippen LogP contribution < -0.4 is 15.4 Å². The number of ether oxygens (including phenoxy) is 2. The third kappa shape index (κ3) is 9.64. The van der Waals surface area contributed by atoms with Gasteiger partial charge in [-0.15, -0.1) is 0 Å². The normalized spacial score (nSPS) is 10.0. The van der Waals surface area contributed by atoms with Crippen LogP contribution in [0.3, 0.4) is 0 Å². The lowest BCUT2D eigenvalue weighted by Crippen LogP contribution is -2.33. The number of aromatic nitrogens is 1. The molecule has 1 aromatic heterocycles. The smallest absolute Gasteiger partial charge is 0.356 e. The Bertz CT molecular complexity index is 1160. The second-order valence-corrected chi connectivity index (χ2v) is 7.53. The van der Waals surface area contributed by atoms with Crippen LogP contribution in [0.25, 0.3) is 0 Å². The third-order valence-corrected chi connectivity index (χ3v) is 4.50. The molecule has 188 valence electrons. The average Bonchev–Trinajstić information content (AvgIpc) is 2.89. The Kier molecular flexibility index (Phi) is 11.1. The van der Waals surface area contributed by atoms with Crippen LogP contribution in [0.1, 0.15) is 21.6 Å². The van der Waals surface area contributed by atoms with Gasteiger partial charge in [0, 0.05) is 26.7 Å². The van der Waals surface area contributed by atoms with Gasteiger partial charge in [0.25, 0.3) is 0 Å². The molecule has 2 aromatic carbocycles. The van der Waals surface area contributed by atoms with Crippen molar-refractivity contribution in [3.63, 3.8) is 0 Å². The van der Waals surface area contributed by atoms with Crippen molar-refractivity contribution < 1.29 is 23.9 Å². The second kappa shape index (κ2) is 14.5. The lowest BCUT2D eigenvalue weighted by atomic mass is 10.1. The van der Waals surface area contributed by atoms with Crippen LogP contribution >= 0.6 is 0 Å². The molecular formula is C26H29N5O5. The predicted octanol–water partition coefficient (Wildman–Crippen LogP) is 3.83. The number of hydrogen-bond acceptors (Lipinski definition) is 7. The summed E-state index contributed by atoms with van der Waals surface area (Å²) >= 11 is 0. The van der Waals surface area contributed by atoms with Gasteiger partial charge in [-0.25, -0.2) is 19.6 Å². The number of nitrogens with zero attached hydrogens (tertiary/aromatic N) is 3. The van der Waals surface area contributed by atoms with Crippen molar-refractivity contribution in [1.29, 1.82) is 0 Å². The lowest BCUT2D eigenvalue weighted by molar-refractivity contribution is -0.108. The number of aryl methyl sites for hydroxylation is 1. The van der Waals surface area contributed by atoms with E-state index in [9.17, 15) is 14.4 Å². The van der Waals surface area contributed by atoms with Gasteiger partial charge in [0.15, 0.2) is 5.69 Å². The maximum absolute atomic E-state index is 11.4. The van der Waals surface area contributed by atoms with Gasteiger partial charge in [0.05, 0.1) is 19.1 Å². The standard InChI is InChI=1S/C15H13N3O4.C11H16N2O/c1-21-15(20)13-3-2-4-14(18-13)22-12-7-5-11(6-8-12)17-9-16-10-19;1-9-4-6-10(7-5-9)8-12-11(14)13(2)3/h2-10H,1H3,(H,16,17,19);4-7H,8H2,1-3H3,(H,12,14). The molecule has 0 aliphatic carbocycles. The minimum Gasteiger partial charge on any atom is -0.464 e. The molecule has 0 aliphatic rings. The number of esters is 1. The summed E-state index contributed by atoms with van der Waals surface area (Å²) in [5, 5.41) is 5.12. The molecule has 0 saturated carbocycles. The zero-order valence-corrected chi connectivity index (χ0v) is 20.6. The van der Waals surface area contributed by atoms with Gasteiger partial charge in [-0.2, -0.15) is 0 Å². The summed E-state index contributed by atoms with van der Waals surface area (Å²) < 4.78 is 10.2. The van der Waals surface area contributed by atoms with Gasteiger partial charge >= 0.3 is 12.0 Å². The van der Waals surface area contributed by atoms with Crippen molar-refractivity contribution in [3.05, 3.63) is 83.6 Å². The van der Waals surface area contributed by atoms with Crippen molar-refractivity contribution >= 4 is 30.4 Å². The molecule has 0 saturated heterocycles. The van der Waals surface area contributed by atoms with E-state index in [4.69, 9.17) is 4.74 Å². The van der Waals surface area contributed by atoms with Crippen molar-refractivity contribution in [2.45, 2.75) is 13.5 Å². The Morgan fingerprint density at radius 3 is 2.33 bits per heavy atom. The summed E-state index contributed by atoms with van der Waals surface area (Å²) in [7, 11) is 4.74. The van der Waals surface area contributed by atoms with Crippen LogP contribution in [0.15, 0.2) is 71.7 Å². The highest BCUT2D eigenvalue weighted by molar-refractivity contribution is 5.87. The first-order chi connectivity index (χ1) is 17.3. The van der Waals surface area contributed by atoms with E-state index >= 15 is 0 Å². The van der Waals surface area contributed by atoms with Crippen molar-refractivity contribution in [2.75, 3.05) is 21.2 Å². The van der Waals surface area contributed by atoms with Crippen LogP contribution in [-0.2, 0) is 16.1 Å². The number of urea groups is 1. The van der Waals surface area contributed by atoms with E-state index in [0.29, 0.717) is 24.4 Å². The molecule has 3 amide bonds. The molecule has 0 atom stereocenters. The molecule has 10 heteroatoms. The Hall–Kier alpha value is -4.73. The minimum atomic E-state index is -0.530. The molecule has 0 radical (unpaired) electrons. The summed E-state index contributed by atoms with van der Waals surface area (Å²) in [6.45, 7) is 2.62. The highest BCUT2D eigenvalue weighted by atomic mass is 16.5. The molecule has 1 heterocycles. The third-order valence-electron chi connectivity index (χ3n) is 4.50. The first kappa shape index (κ1) is 27.5. The van der Waals surface area contributed by atoms with Crippen molar-refractivity contribution in [2.24, 2.45) is 4.99 Å². The maximum atomic E-state index is 11.4. The van der Waals surface area contributed by atoms with E-state index < -0.39 is 5.97 Å². The van der Waals surface area contributed by atoms with Crippen LogP contribution in [0, 0.1) is 6.92 Å². The summed E-state index contributed by atoms with van der Waals surface area (Å²) in [5.41, 5.74) is 3.16. The molecule has 0 bridgehead atoms. The van der Waals surface area contributed by atoms with Crippen LogP contribution in [0.5, 0.6) is 11.6 Å². The predicted molar refractivity (Wildman–Crippen MR) is 137 cm³/mol. The van der Waals surface area contributed by atoms with Crippen molar-refractivity contribution in [3.8, 4) is 11.6 Å². The van der Waals surface area contributed by atoms with Gasteiger partial charge in [-0.05, 0) is 42.8 Å². The fourth-order valence-corrected chi connectivity index (χ4v) is 2.59. The van der Waals surface area contributed by atoms with Crippen molar-refractivity contribution in [1.82, 2.24) is 20.5 Å². The van der Waals surface area contributed by atoms with E-state index in [1.54, 1.807) is 50.5 Å². The van der Waals surface area contributed by atoms with Gasteiger partial charge < -0.3 is 25.0 Å². The van der Waals surface area contributed by atoms with Gasteiger partial charge in [-0.3, -0.25) is 4.79 Å². The fourth-order valence-electron chi connectivity index (χ4n) is 2.59. The summed E-state index contributed by atoms with van der Waals surface area (Å²) in [4.78, 5) is 42.2. The van der Waals surface area contributed by atoms with Gasteiger partial charge in [-0.1, -0.05) is 35.9 Å². The summed E-state index contributed by atoms with van der Waals surface area (Å²) in [5.74, 6) is 0.288. The molecule has 0 fully saturated rings. The topological polar surface area (TPSA) is 122 Å². The number of aliphatic imine (C=N–C) groups is 1. The van der Waals surface area contributed by atoms with E-state index in [1.807, 2.05) is 31.2 Å². The Morgan fingerprint density at radius 1 is 1.03 bits per heavy atom. The van der Waals surface area contributed by atoms with E-state index in [1.165, 1.54) is 30.0 Å². The first-order valence-electron chi connectivity index (χ1n) is 10.9. The minimum absolute atomic E-state index is 0.0643. The number of amides is 3. The molecule has 0 unspecified atom stereocenters. The van der Waals surface area contributed by atoms with Gasteiger partial charge in [0.1, 0.15) is 5.75 Å². The fraction of sp³-hybridized carbons (Fsp3) is 0.192. The molecular weight excluding hydrogens is 462 g/mol. The zero-order chi connectivity index (χ0) is 26.3. The largest absolute Gasteiger partial charge is 0.464 e. The number of carbonyl (C=O) groups is 3. The number of benzene rings is 2. The van der Waals surface area contributed by atoms with Gasteiger partial charge in [0.2, 0.25) is 12.3 Å². The van der Waals surface area contributed by atoms with E-state index in [0.717, 1.165) is 5.56 Å². The lowest BCUT2D eigenvalue weighted by Gasteiger charge is -2.11.